The number of carbonyl (C=O) groups excluding carboxylic acids is 1. The van der Waals surface area contributed by atoms with E-state index in [1.807, 2.05) is 77.4 Å². The number of amides is 1. The van der Waals surface area contributed by atoms with Gasteiger partial charge in [0.05, 0.1) is 19.2 Å². The predicted octanol–water partition coefficient (Wildman–Crippen LogP) is 4.54. The van der Waals surface area contributed by atoms with E-state index in [0.29, 0.717) is 13.0 Å². The molecule has 5 rings (SSSR count). The van der Waals surface area contributed by atoms with E-state index >= 15 is 0 Å². The zero-order valence-electron chi connectivity index (χ0n) is 16.7. The molecule has 0 fully saturated rings. The summed E-state index contributed by atoms with van der Waals surface area (Å²) in [4.78, 5) is 21.6. The number of nitrogens with zero attached hydrogens (tertiary/aromatic N) is 3. The molecule has 3 aromatic heterocycles. The summed E-state index contributed by atoms with van der Waals surface area (Å²) in [5.74, 6) is 1.51. The van der Waals surface area contributed by atoms with Gasteiger partial charge in [-0.2, -0.15) is 0 Å². The first kappa shape index (κ1) is 18.8. The molecule has 0 radical (unpaired) electrons. The Kier molecular flexibility index (Phi) is 5.02. The minimum atomic E-state index is -0.0520. The third-order valence-corrected chi connectivity index (χ3v) is 5.05. The molecule has 5 aromatic rings. The summed E-state index contributed by atoms with van der Waals surface area (Å²) in [5, 5.41) is 2.87. The van der Waals surface area contributed by atoms with Crippen molar-refractivity contribution in [3.05, 3.63) is 103 Å². The second kappa shape index (κ2) is 8.28. The van der Waals surface area contributed by atoms with E-state index in [1.165, 1.54) is 0 Å². The summed E-state index contributed by atoms with van der Waals surface area (Å²) in [6, 6.07) is 25.5. The van der Waals surface area contributed by atoms with Gasteiger partial charge in [0.25, 0.3) is 0 Å². The Labute approximate surface area is 179 Å². The Hall–Kier alpha value is -4.19. The molecule has 0 atom stereocenters. The number of benzene rings is 2. The minimum Gasteiger partial charge on any atom is -0.467 e. The van der Waals surface area contributed by atoms with Gasteiger partial charge in [0.15, 0.2) is 5.65 Å². The molecule has 1 N–H and O–H groups in total. The molecule has 0 aliphatic heterocycles. The van der Waals surface area contributed by atoms with Crippen LogP contribution in [0, 0.1) is 0 Å². The Morgan fingerprint density at radius 1 is 0.935 bits per heavy atom. The number of fused-ring (bicyclic) bond motifs is 1. The zero-order chi connectivity index (χ0) is 21.0. The van der Waals surface area contributed by atoms with Gasteiger partial charge >= 0.3 is 0 Å². The largest absolute Gasteiger partial charge is 0.467 e. The van der Waals surface area contributed by atoms with E-state index in [9.17, 15) is 4.79 Å². The van der Waals surface area contributed by atoms with Crippen LogP contribution in [0.2, 0.25) is 0 Å². The fourth-order valence-electron chi connectivity index (χ4n) is 3.55. The molecule has 0 saturated carbocycles. The summed E-state index contributed by atoms with van der Waals surface area (Å²) in [7, 11) is 0. The molecule has 2 aromatic carbocycles. The van der Waals surface area contributed by atoms with Crippen molar-refractivity contribution in [3.8, 4) is 17.1 Å². The van der Waals surface area contributed by atoms with Crippen molar-refractivity contribution in [2.45, 2.75) is 13.0 Å². The highest BCUT2D eigenvalue weighted by atomic mass is 16.3. The molecule has 6 heteroatoms. The predicted molar refractivity (Wildman–Crippen MR) is 119 cm³/mol. The van der Waals surface area contributed by atoms with Gasteiger partial charge in [-0.15, -0.1) is 0 Å². The van der Waals surface area contributed by atoms with Crippen LogP contribution in [-0.2, 0) is 17.8 Å². The number of rotatable bonds is 6. The van der Waals surface area contributed by atoms with E-state index in [1.54, 1.807) is 18.5 Å². The van der Waals surface area contributed by atoms with Crippen LogP contribution in [0.3, 0.4) is 0 Å². The molecule has 1 amide bonds. The van der Waals surface area contributed by atoms with Crippen molar-refractivity contribution in [1.29, 1.82) is 0 Å². The smallest absolute Gasteiger partial charge is 0.224 e. The van der Waals surface area contributed by atoms with Crippen LogP contribution >= 0.6 is 0 Å². The molecule has 0 bridgehead atoms. The highest BCUT2D eigenvalue weighted by Crippen LogP contribution is 2.27. The highest BCUT2D eigenvalue weighted by Gasteiger charge is 2.15. The van der Waals surface area contributed by atoms with Crippen LogP contribution in [-0.4, -0.2) is 20.4 Å². The number of aromatic nitrogens is 3. The summed E-state index contributed by atoms with van der Waals surface area (Å²) in [5.41, 5.74) is 4.52. The first-order valence-corrected chi connectivity index (χ1v) is 10.1. The monoisotopic (exact) mass is 408 g/mol. The summed E-state index contributed by atoms with van der Waals surface area (Å²) < 4.78 is 7.29. The lowest BCUT2D eigenvalue weighted by Gasteiger charge is -2.10. The van der Waals surface area contributed by atoms with Crippen molar-refractivity contribution in [2.24, 2.45) is 0 Å². The Morgan fingerprint density at radius 3 is 2.55 bits per heavy atom. The second-order valence-electron chi connectivity index (χ2n) is 7.18. The molecule has 0 aliphatic rings. The third kappa shape index (κ3) is 3.96. The molecule has 152 valence electrons. The van der Waals surface area contributed by atoms with Gasteiger partial charge in [-0.25, -0.2) is 9.97 Å². The van der Waals surface area contributed by atoms with Crippen LogP contribution in [0.15, 0.2) is 95.7 Å². The molecule has 31 heavy (non-hydrogen) atoms. The Bertz CT molecular complexity index is 1310. The Balaban J connectivity index is 1.41. The van der Waals surface area contributed by atoms with Gasteiger partial charge in [0, 0.05) is 17.4 Å². The first-order valence-electron chi connectivity index (χ1n) is 10.1. The lowest BCUT2D eigenvalue weighted by atomic mass is 10.1. The number of pyridine rings is 1. The normalized spacial score (nSPS) is 11.0. The Morgan fingerprint density at radius 2 is 1.77 bits per heavy atom. The lowest BCUT2D eigenvalue weighted by Crippen LogP contribution is -2.24. The van der Waals surface area contributed by atoms with Crippen LogP contribution in [0.25, 0.3) is 28.2 Å². The SMILES string of the molecule is O=C(Cc1ccc(-n2c(-c3ccccc3)nc3cccnc32)cc1)NCc1ccco1. The average Bonchev–Trinajstić information content (AvgIpc) is 3.47. The lowest BCUT2D eigenvalue weighted by molar-refractivity contribution is -0.120. The van der Waals surface area contributed by atoms with Crippen molar-refractivity contribution in [3.63, 3.8) is 0 Å². The summed E-state index contributed by atoms with van der Waals surface area (Å²) >= 11 is 0. The van der Waals surface area contributed by atoms with E-state index in [0.717, 1.165) is 39.6 Å². The highest BCUT2D eigenvalue weighted by molar-refractivity contribution is 5.80. The zero-order valence-corrected chi connectivity index (χ0v) is 16.7. The van der Waals surface area contributed by atoms with E-state index < -0.39 is 0 Å². The second-order valence-corrected chi connectivity index (χ2v) is 7.18. The van der Waals surface area contributed by atoms with E-state index in [2.05, 4.69) is 10.3 Å². The summed E-state index contributed by atoms with van der Waals surface area (Å²) in [6.45, 7) is 0.386. The summed E-state index contributed by atoms with van der Waals surface area (Å²) in [6.07, 6.45) is 3.67. The van der Waals surface area contributed by atoms with Gasteiger partial charge in [-0.1, -0.05) is 42.5 Å². The van der Waals surface area contributed by atoms with Gasteiger partial charge in [-0.05, 0) is 42.0 Å². The maximum atomic E-state index is 12.3. The maximum Gasteiger partial charge on any atom is 0.224 e. The van der Waals surface area contributed by atoms with Crippen LogP contribution < -0.4 is 5.32 Å². The van der Waals surface area contributed by atoms with Crippen LogP contribution in [0.4, 0.5) is 0 Å². The standard InChI is InChI=1S/C25H20N4O2/c30-23(27-17-21-8-5-15-31-21)16-18-10-12-20(13-11-18)29-24(19-6-2-1-3-7-19)28-22-9-4-14-26-25(22)29/h1-15H,16-17H2,(H,27,30). The number of furan rings is 1. The minimum absolute atomic E-state index is 0.0520. The molecule has 0 saturated heterocycles. The number of hydrogen-bond acceptors (Lipinski definition) is 4. The molecule has 0 spiro atoms. The van der Waals surface area contributed by atoms with Crippen LogP contribution in [0.1, 0.15) is 11.3 Å². The van der Waals surface area contributed by atoms with Crippen molar-refractivity contribution in [2.75, 3.05) is 0 Å². The fourth-order valence-corrected chi connectivity index (χ4v) is 3.55. The molecular formula is C25H20N4O2. The van der Waals surface area contributed by atoms with E-state index in [-0.39, 0.29) is 5.91 Å². The fraction of sp³-hybridized carbons (Fsp3) is 0.0800. The number of imidazole rings is 1. The number of nitrogens with one attached hydrogen (secondary N) is 1. The number of carbonyl (C=O) groups is 1. The quantitative estimate of drug-likeness (QED) is 0.448. The molecule has 3 heterocycles. The topological polar surface area (TPSA) is 73.0 Å². The third-order valence-electron chi connectivity index (χ3n) is 5.05. The number of hydrogen-bond donors (Lipinski definition) is 1. The molecular weight excluding hydrogens is 388 g/mol. The van der Waals surface area contributed by atoms with Crippen LogP contribution in [0.5, 0.6) is 0 Å². The molecule has 0 aliphatic carbocycles. The average molecular weight is 408 g/mol. The first-order chi connectivity index (χ1) is 15.3. The van der Waals surface area contributed by atoms with Gasteiger partial charge in [-0.3, -0.25) is 9.36 Å². The maximum absolute atomic E-state index is 12.3. The van der Waals surface area contributed by atoms with Gasteiger partial charge < -0.3 is 9.73 Å². The van der Waals surface area contributed by atoms with Gasteiger partial charge in [0.2, 0.25) is 5.91 Å². The van der Waals surface area contributed by atoms with E-state index in [4.69, 9.17) is 9.40 Å². The molecule has 6 nitrogen and oxygen atoms in total. The molecule has 0 unspecified atom stereocenters. The van der Waals surface area contributed by atoms with Crippen molar-refractivity contribution in [1.82, 2.24) is 19.9 Å². The van der Waals surface area contributed by atoms with Gasteiger partial charge in [0.1, 0.15) is 17.1 Å². The van der Waals surface area contributed by atoms with Crippen molar-refractivity contribution >= 4 is 17.1 Å². The van der Waals surface area contributed by atoms with Crippen molar-refractivity contribution < 1.29 is 9.21 Å².